The number of aromatic nitrogens is 2. The van der Waals surface area contributed by atoms with Gasteiger partial charge in [0.2, 0.25) is 5.88 Å². The Bertz CT molecular complexity index is 667. The van der Waals surface area contributed by atoms with E-state index < -0.39 is 0 Å². The highest BCUT2D eigenvalue weighted by Gasteiger charge is 2.46. The van der Waals surface area contributed by atoms with E-state index in [0.29, 0.717) is 12.5 Å². The minimum atomic E-state index is 0.0444. The van der Waals surface area contributed by atoms with Crippen LogP contribution in [0.15, 0.2) is 48.8 Å². The predicted molar refractivity (Wildman–Crippen MR) is 95.3 cm³/mol. The van der Waals surface area contributed by atoms with Crippen LogP contribution in [0.1, 0.15) is 25.0 Å². The fraction of sp³-hybridized carbons (Fsp3) is 0.500. The number of fused-ring (bicyclic) bond motifs is 1. The molecule has 5 nitrogen and oxygen atoms in total. The zero-order valence-corrected chi connectivity index (χ0v) is 14.5. The number of hydrogen-bond acceptors (Lipinski definition) is 5. The van der Waals surface area contributed by atoms with E-state index in [1.807, 2.05) is 30.5 Å². The molecular formula is C20H25N3O2. The van der Waals surface area contributed by atoms with Crippen LogP contribution in [-0.2, 0) is 11.3 Å². The van der Waals surface area contributed by atoms with Crippen molar-refractivity contribution >= 4 is 0 Å². The second kappa shape index (κ2) is 7.50. The fourth-order valence-electron chi connectivity index (χ4n) is 4.10. The van der Waals surface area contributed by atoms with Crippen molar-refractivity contribution in [2.45, 2.75) is 31.9 Å². The molecule has 0 amide bonds. The zero-order chi connectivity index (χ0) is 17.0. The van der Waals surface area contributed by atoms with Gasteiger partial charge in [0.1, 0.15) is 0 Å². The Morgan fingerprint density at radius 2 is 2.04 bits per heavy atom. The summed E-state index contributed by atoms with van der Waals surface area (Å²) in [5, 5.41) is 0. The van der Waals surface area contributed by atoms with E-state index >= 15 is 0 Å². The summed E-state index contributed by atoms with van der Waals surface area (Å²) in [6, 6.07) is 11.9. The van der Waals surface area contributed by atoms with Crippen LogP contribution in [0.5, 0.6) is 5.88 Å². The first-order chi connectivity index (χ1) is 12.3. The van der Waals surface area contributed by atoms with Crippen molar-refractivity contribution in [2.75, 3.05) is 26.3 Å². The minimum absolute atomic E-state index is 0.0444. The van der Waals surface area contributed by atoms with Crippen LogP contribution in [0.3, 0.4) is 0 Å². The van der Waals surface area contributed by atoms with Crippen LogP contribution >= 0.6 is 0 Å². The van der Waals surface area contributed by atoms with Crippen LogP contribution in [-0.4, -0.2) is 47.3 Å². The highest BCUT2D eigenvalue weighted by molar-refractivity contribution is 5.10. The highest BCUT2D eigenvalue weighted by Crippen LogP contribution is 2.40. The van der Waals surface area contributed by atoms with Crippen LogP contribution in [0, 0.1) is 5.41 Å². The lowest BCUT2D eigenvalue weighted by molar-refractivity contribution is -0.141. The summed E-state index contributed by atoms with van der Waals surface area (Å²) in [4.78, 5) is 11.3. The molecule has 0 aliphatic carbocycles. The topological polar surface area (TPSA) is 47.5 Å². The van der Waals surface area contributed by atoms with Gasteiger partial charge < -0.3 is 9.47 Å². The smallest absolute Gasteiger partial charge is 0.213 e. The summed E-state index contributed by atoms with van der Waals surface area (Å²) in [6.45, 7) is 4.45. The maximum Gasteiger partial charge on any atom is 0.213 e. The first-order valence-electron chi connectivity index (χ1n) is 9.12. The number of nitrogens with zero attached hydrogens (tertiary/aromatic N) is 3. The van der Waals surface area contributed by atoms with Crippen LogP contribution < -0.4 is 4.74 Å². The average Bonchev–Trinajstić information content (AvgIpc) is 2.68. The van der Waals surface area contributed by atoms with Gasteiger partial charge in [0.25, 0.3) is 0 Å². The molecule has 25 heavy (non-hydrogen) atoms. The highest BCUT2D eigenvalue weighted by atomic mass is 16.5. The molecule has 2 aromatic heterocycles. The molecule has 4 heterocycles. The second-order valence-electron chi connectivity index (χ2n) is 7.10. The number of hydrogen-bond donors (Lipinski definition) is 0. The van der Waals surface area contributed by atoms with Gasteiger partial charge >= 0.3 is 0 Å². The Kier molecular flexibility index (Phi) is 4.95. The molecule has 0 saturated carbocycles. The van der Waals surface area contributed by atoms with Crippen LogP contribution in [0.2, 0.25) is 0 Å². The fourth-order valence-corrected chi connectivity index (χ4v) is 4.10. The van der Waals surface area contributed by atoms with Crippen molar-refractivity contribution in [3.05, 3.63) is 54.5 Å². The summed E-state index contributed by atoms with van der Waals surface area (Å²) in [5.41, 5.74) is 1.17. The number of piperidine rings is 1. The van der Waals surface area contributed by atoms with E-state index in [-0.39, 0.29) is 11.5 Å². The summed E-state index contributed by atoms with van der Waals surface area (Å²) >= 11 is 0. The van der Waals surface area contributed by atoms with Crippen LogP contribution in [0.4, 0.5) is 0 Å². The van der Waals surface area contributed by atoms with E-state index in [9.17, 15) is 0 Å². The Hall–Kier alpha value is -1.98. The first-order valence-corrected chi connectivity index (χ1v) is 9.12. The van der Waals surface area contributed by atoms with Crippen molar-refractivity contribution in [2.24, 2.45) is 5.41 Å². The lowest BCUT2D eigenvalue weighted by Gasteiger charge is -2.50. The third-order valence-electron chi connectivity index (χ3n) is 5.32. The number of ether oxygens (including phenoxy) is 2. The number of likely N-dealkylation sites (tertiary alicyclic amines) is 1. The van der Waals surface area contributed by atoms with Gasteiger partial charge in [-0.25, -0.2) is 4.98 Å². The molecule has 4 rings (SSSR count). The molecule has 0 unspecified atom stereocenters. The maximum atomic E-state index is 6.13. The first kappa shape index (κ1) is 16.5. The molecule has 132 valence electrons. The summed E-state index contributed by atoms with van der Waals surface area (Å²) in [6.07, 6.45) is 7.22. The molecular weight excluding hydrogens is 314 g/mol. The molecule has 2 aliphatic rings. The summed E-state index contributed by atoms with van der Waals surface area (Å²) < 4.78 is 12.2. The summed E-state index contributed by atoms with van der Waals surface area (Å²) in [7, 11) is 0. The monoisotopic (exact) mass is 339 g/mol. The third-order valence-corrected chi connectivity index (χ3v) is 5.32. The van der Waals surface area contributed by atoms with Gasteiger partial charge in [0, 0.05) is 50.1 Å². The second-order valence-corrected chi connectivity index (χ2v) is 7.10. The maximum absolute atomic E-state index is 6.13. The molecule has 2 saturated heterocycles. The van der Waals surface area contributed by atoms with E-state index in [1.165, 1.54) is 0 Å². The minimum Gasteiger partial charge on any atom is -0.477 e. The van der Waals surface area contributed by atoms with Crippen LogP contribution in [0.25, 0.3) is 0 Å². The van der Waals surface area contributed by atoms with Crippen molar-refractivity contribution < 1.29 is 9.47 Å². The molecule has 0 radical (unpaired) electrons. The molecule has 0 bridgehead atoms. The third kappa shape index (κ3) is 3.83. The quantitative estimate of drug-likeness (QED) is 0.838. The van der Waals surface area contributed by atoms with Gasteiger partial charge in [-0.15, -0.1) is 0 Å². The molecule has 2 atom stereocenters. The van der Waals surface area contributed by atoms with Gasteiger partial charge in [-0.2, -0.15) is 0 Å². The Morgan fingerprint density at radius 1 is 1.16 bits per heavy atom. The van der Waals surface area contributed by atoms with Crippen molar-refractivity contribution in [3.8, 4) is 5.88 Å². The van der Waals surface area contributed by atoms with E-state index in [4.69, 9.17) is 9.47 Å². The lowest BCUT2D eigenvalue weighted by Crippen LogP contribution is -2.57. The largest absolute Gasteiger partial charge is 0.477 e. The molecule has 2 aliphatic heterocycles. The zero-order valence-electron chi connectivity index (χ0n) is 14.5. The standard InChI is InChI=1S/C20H25N3O2/c1-3-10-21-17(6-1)14-23-12-8-18-20(15-23,9-5-13-24-18)16-25-19-7-2-4-11-22-19/h1-4,6-7,10-11,18H,5,8-9,12-16H2/t18-,20-/m0/s1. The van der Waals surface area contributed by atoms with Gasteiger partial charge in [-0.1, -0.05) is 12.1 Å². The van der Waals surface area contributed by atoms with Gasteiger partial charge in [-0.05, 0) is 37.5 Å². The average molecular weight is 339 g/mol. The van der Waals surface area contributed by atoms with Gasteiger partial charge in [-0.3, -0.25) is 9.88 Å². The molecule has 5 heteroatoms. The number of pyridine rings is 2. The molecule has 0 aromatic carbocycles. The van der Waals surface area contributed by atoms with E-state index in [1.54, 1.807) is 6.20 Å². The molecule has 0 spiro atoms. The van der Waals surface area contributed by atoms with E-state index in [2.05, 4.69) is 27.0 Å². The van der Waals surface area contributed by atoms with Crippen molar-refractivity contribution in [3.63, 3.8) is 0 Å². The Morgan fingerprint density at radius 3 is 2.84 bits per heavy atom. The molecule has 0 N–H and O–H groups in total. The van der Waals surface area contributed by atoms with Gasteiger partial charge in [0.05, 0.1) is 18.4 Å². The van der Waals surface area contributed by atoms with Crippen molar-refractivity contribution in [1.82, 2.24) is 14.9 Å². The lowest BCUT2D eigenvalue weighted by atomic mass is 9.73. The van der Waals surface area contributed by atoms with E-state index in [0.717, 1.165) is 51.2 Å². The molecule has 2 aromatic rings. The SMILES string of the molecule is c1ccc(CN2CC[C@@H]3OCCC[C@@]3(COc3ccccn3)C2)nc1. The van der Waals surface area contributed by atoms with Crippen molar-refractivity contribution in [1.29, 1.82) is 0 Å². The summed E-state index contributed by atoms with van der Waals surface area (Å²) in [5.74, 6) is 0.697. The Balaban J connectivity index is 1.47. The predicted octanol–water partition coefficient (Wildman–Crippen LogP) is 2.93. The van der Waals surface area contributed by atoms with Gasteiger partial charge in [0.15, 0.2) is 0 Å². The number of rotatable bonds is 5. The Labute approximate surface area is 149 Å². The normalized spacial score (nSPS) is 26.8. The molecule has 2 fully saturated rings.